The van der Waals surface area contributed by atoms with Crippen LogP contribution in [0.3, 0.4) is 0 Å². The number of nitrogens with one attached hydrogen (secondary N) is 1. The van der Waals surface area contributed by atoms with Crippen LogP contribution in [0.5, 0.6) is 5.75 Å². The van der Waals surface area contributed by atoms with Gasteiger partial charge in [-0.2, -0.15) is 4.80 Å². The van der Waals surface area contributed by atoms with Crippen molar-refractivity contribution in [3.05, 3.63) is 77.4 Å². The van der Waals surface area contributed by atoms with Crippen LogP contribution < -0.4 is 10.1 Å². The molecule has 1 heterocycles. The van der Waals surface area contributed by atoms with E-state index in [1.54, 1.807) is 4.80 Å². The lowest BCUT2D eigenvalue weighted by Crippen LogP contribution is -2.20. The van der Waals surface area contributed by atoms with Crippen molar-refractivity contribution >= 4 is 22.6 Å². The molecule has 0 aliphatic carbocycles. The monoisotopic (exact) mass is 414 g/mol. The number of hydrogen-bond donors (Lipinski definition) is 1. The van der Waals surface area contributed by atoms with Crippen molar-refractivity contribution in [2.45, 2.75) is 33.6 Å². The molecule has 0 radical (unpaired) electrons. The molecule has 0 atom stereocenters. The van der Waals surface area contributed by atoms with Gasteiger partial charge in [0.05, 0.1) is 5.69 Å². The standard InChI is InChI=1S/C25H26N4O2/c1-4-18-6-10-20(11-7-18)29-27-23-14-17(3)22(15-24(23)28-29)26-25(30)16-31-21-12-8-19(5-2)9-13-21/h6-15H,4-5,16H2,1-3H3,(H,26,30). The van der Waals surface area contributed by atoms with Gasteiger partial charge in [0, 0.05) is 5.69 Å². The smallest absolute Gasteiger partial charge is 0.262 e. The van der Waals surface area contributed by atoms with Crippen molar-refractivity contribution in [3.63, 3.8) is 0 Å². The fourth-order valence-electron chi connectivity index (χ4n) is 3.34. The Morgan fingerprint density at radius 3 is 2.10 bits per heavy atom. The maximum atomic E-state index is 12.4. The van der Waals surface area contributed by atoms with Crippen LogP contribution in [0.15, 0.2) is 60.7 Å². The molecule has 0 saturated heterocycles. The minimum atomic E-state index is -0.218. The average Bonchev–Trinajstić information content (AvgIpc) is 3.21. The Morgan fingerprint density at radius 1 is 0.903 bits per heavy atom. The molecule has 1 amide bonds. The number of carbonyl (C=O) groups excluding carboxylic acids is 1. The van der Waals surface area contributed by atoms with Crippen molar-refractivity contribution in [1.82, 2.24) is 15.0 Å². The van der Waals surface area contributed by atoms with E-state index in [1.165, 1.54) is 11.1 Å². The zero-order chi connectivity index (χ0) is 21.8. The van der Waals surface area contributed by atoms with Crippen LogP contribution in [-0.2, 0) is 17.6 Å². The number of aryl methyl sites for hydroxylation is 3. The number of anilines is 1. The fourth-order valence-corrected chi connectivity index (χ4v) is 3.34. The molecular formula is C25H26N4O2. The second-order valence-corrected chi connectivity index (χ2v) is 7.50. The molecule has 6 nitrogen and oxygen atoms in total. The van der Waals surface area contributed by atoms with Crippen LogP contribution in [-0.4, -0.2) is 27.5 Å². The summed E-state index contributed by atoms with van der Waals surface area (Å²) < 4.78 is 5.60. The van der Waals surface area contributed by atoms with Gasteiger partial charge in [-0.25, -0.2) is 0 Å². The third-order valence-corrected chi connectivity index (χ3v) is 5.28. The predicted molar refractivity (Wildman–Crippen MR) is 123 cm³/mol. The quantitative estimate of drug-likeness (QED) is 0.468. The third-order valence-electron chi connectivity index (χ3n) is 5.28. The van der Waals surface area contributed by atoms with Gasteiger partial charge in [-0.05, 0) is 72.9 Å². The van der Waals surface area contributed by atoms with Crippen LogP contribution in [0.25, 0.3) is 16.7 Å². The molecule has 31 heavy (non-hydrogen) atoms. The summed E-state index contributed by atoms with van der Waals surface area (Å²) in [7, 11) is 0. The van der Waals surface area contributed by atoms with E-state index in [2.05, 4.69) is 41.5 Å². The number of fused-ring (bicyclic) bond motifs is 1. The second kappa shape index (κ2) is 9.00. The maximum absolute atomic E-state index is 12.4. The summed E-state index contributed by atoms with van der Waals surface area (Å²) in [5.41, 5.74) is 6.52. The summed E-state index contributed by atoms with van der Waals surface area (Å²) in [6, 6.07) is 19.7. The number of benzene rings is 3. The molecule has 6 heteroatoms. The number of nitrogens with zero attached hydrogens (tertiary/aromatic N) is 3. The number of rotatable bonds is 7. The van der Waals surface area contributed by atoms with Crippen molar-refractivity contribution < 1.29 is 9.53 Å². The minimum Gasteiger partial charge on any atom is -0.484 e. The Kier molecular flexibility index (Phi) is 5.98. The summed E-state index contributed by atoms with van der Waals surface area (Å²) in [5, 5.41) is 12.1. The van der Waals surface area contributed by atoms with Gasteiger partial charge in [0.15, 0.2) is 6.61 Å². The third kappa shape index (κ3) is 4.74. The zero-order valence-corrected chi connectivity index (χ0v) is 18.1. The largest absolute Gasteiger partial charge is 0.484 e. The maximum Gasteiger partial charge on any atom is 0.262 e. The lowest BCUT2D eigenvalue weighted by molar-refractivity contribution is -0.118. The number of aromatic nitrogens is 3. The highest BCUT2D eigenvalue weighted by molar-refractivity contribution is 5.95. The molecule has 0 aliphatic rings. The molecule has 0 aliphatic heterocycles. The number of carbonyl (C=O) groups is 1. The summed E-state index contributed by atoms with van der Waals surface area (Å²) in [6.45, 7) is 6.11. The Labute approximate surface area is 181 Å². The van der Waals surface area contributed by atoms with Gasteiger partial charge in [0.2, 0.25) is 0 Å². The predicted octanol–water partition coefficient (Wildman–Crippen LogP) is 4.87. The summed E-state index contributed by atoms with van der Waals surface area (Å²) in [6.07, 6.45) is 1.96. The van der Waals surface area contributed by atoms with Crippen molar-refractivity contribution in [3.8, 4) is 11.4 Å². The Bertz CT molecular complexity index is 1190. The highest BCUT2D eigenvalue weighted by Gasteiger charge is 2.11. The first-order valence-corrected chi connectivity index (χ1v) is 10.5. The van der Waals surface area contributed by atoms with E-state index in [-0.39, 0.29) is 12.5 Å². The molecule has 0 spiro atoms. The Hall–Kier alpha value is -3.67. The first-order chi connectivity index (χ1) is 15.1. The van der Waals surface area contributed by atoms with E-state index in [0.717, 1.165) is 35.1 Å². The fraction of sp³-hybridized carbons (Fsp3) is 0.240. The van der Waals surface area contributed by atoms with Gasteiger partial charge in [0.25, 0.3) is 5.91 Å². The van der Waals surface area contributed by atoms with Crippen LogP contribution in [0.1, 0.15) is 30.5 Å². The molecule has 1 N–H and O–H groups in total. The van der Waals surface area contributed by atoms with Gasteiger partial charge in [0.1, 0.15) is 16.8 Å². The highest BCUT2D eigenvalue weighted by atomic mass is 16.5. The van der Waals surface area contributed by atoms with Gasteiger partial charge < -0.3 is 10.1 Å². The highest BCUT2D eigenvalue weighted by Crippen LogP contribution is 2.22. The van der Waals surface area contributed by atoms with Crippen molar-refractivity contribution in [1.29, 1.82) is 0 Å². The number of hydrogen-bond acceptors (Lipinski definition) is 4. The summed E-state index contributed by atoms with van der Waals surface area (Å²) in [4.78, 5) is 14.0. The second-order valence-electron chi connectivity index (χ2n) is 7.50. The number of ether oxygens (including phenoxy) is 1. The molecule has 0 unspecified atom stereocenters. The normalized spacial score (nSPS) is 10.9. The van der Waals surface area contributed by atoms with Gasteiger partial charge in [-0.3, -0.25) is 4.79 Å². The van der Waals surface area contributed by atoms with E-state index < -0.39 is 0 Å². The van der Waals surface area contributed by atoms with Crippen LogP contribution in [0, 0.1) is 6.92 Å². The van der Waals surface area contributed by atoms with Crippen LogP contribution in [0.2, 0.25) is 0 Å². The summed E-state index contributed by atoms with van der Waals surface area (Å²) in [5.74, 6) is 0.459. The topological polar surface area (TPSA) is 69.0 Å². The van der Waals surface area contributed by atoms with Gasteiger partial charge >= 0.3 is 0 Å². The van der Waals surface area contributed by atoms with E-state index in [1.807, 2.05) is 55.5 Å². The Balaban J connectivity index is 1.46. The Morgan fingerprint density at radius 2 is 1.48 bits per heavy atom. The van der Waals surface area contributed by atoms with Gasteiger partial charge in [-0.1, -0.05) is 38.1 Å². The van der Waals surface area contributed by atoms with Crippen LogP contribution >= 0.6 is 0 Å². The van der Waals surface area contributed by atoms with Crippen LogP contribution in [0.4, 0.5) is 5.69 Å². The van der Waals surface area contributed by atoms with Gasteiger partial charge in [-0.15, -0.1) is 10.2 Å². The molecule has 0 bridgehead atoms. The van der Waals surface area contributed by atoms with E-state index in [4.69, 9.17) is 4.74 Å². The average molecular weight is 415 g/mol. The minimum absolute atomic E-state index is 0.0561. The SMILES string of the molecule is CCc1ccc(OCC(=O)Nc2cc3nn(-c4ccc(CC)cc4)nc3cc2C)cc1. The molecule has 4 rings (SSSR count). The van der Waals surface area contributed by atoms with E-state index in [0.29, 0.717) is 11.4 Å². The van der Waals surface area contributed by atoms with E-state index >= 15 is 0 Å². The number of amides is 1. The molecule has 0 saturated carbocycles. The zero-order valence-electron chi connectivity index (χ0n) is 18.1. The lowest BCUT2D eigenvalue weighted by Gasteiger charge is -2.10. The molecule has 0 fully saturated rings. The molecule has 158 valence electrons. The molecule has 4 aromatic rings. The first kappa shape index (κ1) is 20.6. The van der Waals surface area contributed by atoms with Crippen molar-refractivity contribution in [2.24, 2.45) is 0 Å². The van der Waals surface area contributed by atoms with E-state index in [9.17, 15) is 4.79 Å². The summed E-state index contributed by atoms with van der Waals surface area (Å²) >= 11 is 0. The van der Waals surface area contributed by atoms with Crippen molar-refractivity contribution in [2.75, 3.05) is 11.9 Å². The lowest BCUT2D eigenvalue weighted by atomic mass is 10.1. The molecule has 1 aromatic heterocycles. The molecular weight excluding hydrogens is 388 g/mol. The first-order valence-electron chi connectivity index (χ1n) is 10.5. The molecule has 3 aromatic carbocycles.